The largest absolute Gasteiger partial charge is 0.506 e. The van der Waals surface area contributed by atoms with Crippen LogP contribution in [0.5, 0.6) is 5.75 Å². The summed E-state index contributed by atoms with van der Waals surface area (Å²) in [5.74, 6) is 0.0954. The van der Waals surface area contributed by atoms with Crippen LogP contribution in [0.25, 0.3) is 0 Å². The van der Waals surface area contributed by atoms with Crippen molar-refractivity contribution in [2.24, 2.45) is 5.73 Å². The summed E-state index contributed by atoms with van der Waals surface area (Å²) in [6.45, 7) is 2.00. The summed E-state index contributed by atoms with van der Waals surface area (Å²) in [4.78, 5) is 0. The minimum absolute atomic E-state index is 0.0202. The highest BCUT2D eigenvalue weighted by atomic mass is 35.5. The molecule has 1 aromatic carbocycles. The van der Waals surface area contributed by atoms with E-state index in [-0.39, 0.29) is 11.8 Å². The molecule has 1 rings (SSSR count). The predicted molar refractivity (Wildman–Crippen MR) is 50.3 cm³/mol. The third-order valence-electron chi connectivity index (χ3n) is 1.84. The van der Waals surface area contributed by atoms with Gasteiger partial charge in [0.05, 0.1) is 5.02 Å². The molecule has 0 spiro atoms. The van der Waals surface area contributed by atoms with Crippen LogP contribution in [-0.2, 0) is 0 Å². The van der Waals surface area contributed by atoms with E-state index in [1.54, 1.807) is 12.1 Å². The van der Waals surface area contributed by atoms with Crippen LogP contribution in [0, 0.1) is 0 Å². The molecule has 0 heterocycles. The molecule has 1 unspecified atom stereocenters. The summed E-state index contributed by atoms with van der Waals surface area (Å²) in [5.41, 5.74) is 6.68. The second-order valence-electron chi connectivity index (χ2n) is 2.73. The van der Waals surface area contributed by atoms with Crippen LogP contribution in [0.15, 0.2) is 18.2 Å². The maximum Gasteiger partial charge on any atom is 0.134 e. The monoisotopic (exact) mass is 185 g/mol. The van der Waals surface area contributed by atoms with Crippen molar-refractivity contribution in [2.75, 3.05) is 0 Å². The first-order chi connectivity index (χ1) is 5.65. The minimum atomic E-state index is -0.0202. The van der Waals surface area contributed by atoms with Gasteiger partial charge in [-0.2, -0.15) is 0 Å². The van der Waals surface area contributed by atoms with Gasteiger partial charge in [-0.05, 0) is 24.1 Å². The fourth-order valence-corrected chi connectivity index (χ4v) is 1.11. The van der Waals surface area contributed by atoms with Gasteiger partial charge in [0.2, 0.25) is 0 Å². The molecule has 0 fully saturated rings. The summed E-state index contributed by atoms with van der Waals surface area (Å²) in [6.07, 6.45) is 0.848. The van der Waals surface area contributed by atoms with Crippen molar-refractivity contribution in [2.45, 2.75) is 19.4 Å². The van der Waals surface area contributed by atoms with Crippen LogP contribution in [0.3, 0.4) is 0 Å². The smallest absolute Gasteiger partial charge is 0.134 e. The molecule has 0 aliphatic rings. The summed E-state index contributed by atoms with van der Waals surface area (Å²) < 4.78 is 0. The molecule has 0 aromatic heterocycles. The molecule has 0 saturated carbocycles. The topological polar surface area (TPSA) is 46.2 Å². The Morgan fingerprint density at radius 1 is 1.58 bits per heavy atom. The lowest BCUT2D eigenvalue weighted by molar-refractivity contribution is 0.473. The van der Waals surface area contributed by atoms with Gasteiger partial charge in [0.25, 0.3) is 0 Å². The molecule has 1 aromatic rings. The third-order valence-corrected chi connectivity index (χ3v) is 2.16. The van der Waals surface area contributed by atoms with E-state index in [2.05, 4.69) is 0 Å². The third kappa shape index (κ3) is 1.90. The number of rotatable bonds is 2. The number of benzene rings is 1. The Morgan fingerprint density at radius 2 is 2.25 bits per heavy atom. The van der Waals surface area contributed by atoms with Crippen LogP contribution in [0.4, 0.5) is 0 Å². The number of hydrogen-bond acceptors (Lipinski definition) is 2. The lowest BCUT2D eigenvalue weighted by Gasteiger charge is -2.09. The lowest BCUT2D eigenvalue weighted by Crippen LogP contribution is -2.07. The molecule has 3 N–H and O–H groups in total. The highest BCUT2D eigenvalue weighted by Crippen LogP contribution is 2.26. The SMILES string of the molecule is CCC(N)c1ccc(Cl)c(O)c1. The van der Waals surface area contributed by atoms with Crippen molar-refractivity contribution in [3.05, 3.63) is 28.8 Å². The van der Waals surface area contributed by atoms with Crippen molar-refractivity contribution in [3.63, 3.8) is 0 Å². The van der Waals surface area contributed by atoms with E-state index < -0.39 is 0 Å². The molecule has 12 heavy (non-hydrogen) atoms. The van der Waals surface area contributed by atoms with Gasteiger partial charge in [0.1, 0.15) is 5.75 Å². The van der Waals surface area contributed by atoms with Crippen molar-refractivity contribution >= 4 is 11.6 Å². The van der Waals surface area contributed by atoms with E-state index >= 15 is 0 Å². The molecule has 0 aliphatic carbocycles. The maximum atomic E-state index is 9.26. The van der Waals surface area contributed by atoms with Crippen LogP contribution in [0.1, 0.15) is 24.9 Å². The lowest BCUT2D eigenvalue weighted by atomic mass is 10.1. The van der Waals surface area contributed by atoms with Gasteiger partial charge in [-0.3, -0.25) is 0 Å². The highest BCUT2D eigenvalue weighted by molar-refractivity contribution is 6.32. The number of hydrogen-bond donors (Lipinski definition) is 2. The molecule has 1 atom stereocenters. The molecule has 66 valence electrons. The van der Waals surface area contributed by atoms with E-state index in [0.717, 1.165) is 12.0 Å². The first-order valence-corrected chi connectivity index (χ1v) is 4.27. The van der Waals surface area contributed by atoms with E-state index in [0.29, 0.717) is 5.02 Å². The number of halogens is 1. The summed E-state index contributed by atoms with van der Waals surface area (Å²) in [7, 11) is 0. The van der Waals surface area contributed by atoms with E-state index in [9.17, 15) is 5.11 Å². The quantitative estimate of drug-likeness (QED) is 0.744. The molecule has 3 heteroatoms. The van der Waals surface area contributed by atoms with Crippen molar-refractivity contribution in [1.82, 2.24) is 0 Å². The second kappa shape index (κ2) is 3.78. The average molecular weight is 186 g/mol. The molecule has 0 amide bonds. The second-order valence-corrected chi connectivity index (χ2v) is 3.13. The first kappa shape index (κ1) is 9.36. The van der Waals surface area contributed by atoms with Crippen LogP contribution >= 0.6 is 11.6 Å². The van der Waals surface area contributed by atoms with Crippen LogP contribution < -0.4 is 5.73 Å². The molecular formula is C9H12ClNO. The molecular weight excluding hydrogens is 174 g/mol. The molecule has 0 radical (unpaired) electrons. The maximum absolute atomic E-state index is 9.26. The Bertz CT molecular complexity index is 275. The molecule has 0 bridgehead atoms. The standard InChI is InChI=1S/C9H12ClNO/c1-2-8(11)6-3-4-7(10)9(12)5-6/h3-5,8,12H,2,11H2,1H3. The van der Waals surface area contributed by atoms with Gasteiger partial charge in [-0.1, -0.05) is 24.6 Å². The molecule has 0 aliphatic heterocycles. The fourth-order valence-electron chi connectivity index (χ4n) is 0.996. The van der Waals surface area contributed by atoms with Crippen LogP contribution in [0.2, 0.25) is 5.02 Å². The summed E-state index contributed by atoms with van der Waals surface area (Å²) in [5, 5.41) is 9.62. The number of nitrogens with two attached hydrogens (primary N) is 1. The molecule has 0 saturated heterocycles. The van der Waals surface area contributed by atoms with E-state index in [1.807, 2.05) is 13.0 Å². The zero-order chi connectivity index (χ0) is 9.14. The number of aromatic hydroxyl groups is 1. The zero-order valence-electron chi connectivity index (χ0n) is 6.92. The number of phenolic OH excluding ortho intramolecular Hbond substituents is 1. The van der Waals surface area contributed by atoms with Gasteiger partial charge in [-0.25, -0.2) is 0 Å². The zero-order valence-corrected chi connectivity index (χ0v) is 7.67. The molecule has 2 nitrogen and oxygen atoms in total. The Morgan fingerprint density at radius 3 is 2.75 bits per heavy atom. The Labute approximate surface area is 77.0 Å². The van der Waals surface area contributed by atoms with Gasteiger partial charge in [0, 0.05) is 6.04 Å². The van der Waals surface area contributed by atoms with Crippen molar-refractivity contribution in [1.29, 1.82) is 0 Å². The Hall–Kier alpha value is -0.730. The van der Waals surface area contributed by atoms with E-state index in [1.165, 1.54) is 0 Å². The number of phenols is 1. The predicted octanol–water partition coefficient (Wildman–Crippen LogP) is 2.46. The van der Waals surface area contributed by atoms with Gasteiger partial charge in [0.15, 0.2) is 0 Å². The Kier molecular flexibility index (Phi) is 2.95. The van der Waals surface area contributed by atoms with Gasteiger partial charge in [-0.15, -0.1) is 0 Å². The Balaban J connectivity index is 2.96. The van der Waals surface area contributed by atoms with Gasteiger partial charge < -0.3 is 10.8 Å². The normalized spacial score (nSPS) is 12.9. The highest BCUT2D eigenvalue weighted by Gasteiger charge is 2.05. The summed E-state index contributed by atoms with van der Waals surface area (Å²) in [6, 6.07) is 5.07. The van der Waals surface area contributed by atoms with Crippen molar-refractivity contribution in [3.8, 4) is 5.75 Å². The van der Waals surface area contributed by atoms with Crippen LogP contribution in [-0.4, -0.2) is 5.11 Å². The summed E-state index contributed by atoms with van der Waals surface area (Å²) >= 11 is 5.64. The minimum Gasteiger partial charge on any atom is -0.506 e. The van der Waals surface area contributed by atoms with Crippen molar-refractivity contribution < 1.29 is 5.11 Å². The average Bonchev–Trinajstić information content (AvgIpc) is 2.08. The van der Waals surface area contributed by atoms with E-state index in [4.69, 9.17) is 17.3 Å². The first-order valence-electron chi connectivity index (χ1n) is 3.89. The van der Waals surface area contributed by atoms with Gasteiger partial charge >= 0.3 is 0 Å². The fraction of sp³-hybridized carbons (Fsp3) is 0.333.